The summed E-state index contributed by atoms with van der Waals surface area (Å²) >= 11 is 1.63. The Kier molecular flexibility index (Phi) is 7.37. The van der Waals surface area contributed by atoms with Crippen LogP contribution in [0.25, 0.3) is 5.65 Å². The molecule has 0 atom stereocenters. The first-order valence-electron chi connectivity index (χ1n) is 11.3. The fourth-order valence-electron chi connectivity index (χ4n) is 4.01. The van der Waals surface area contributed by atoms with Gasteiger partial charge in [-0.15, -0.1) is 11.3 Å². The van der Waals surface area contributed by atoms with Crippen LogP contribution in [0.5, 0.6) is 11.5 Å². The zero-order valence-corrected chi connectivity index (χ0v) is 20.8. The summed E-state index contributed by atoms with van der Waals surface area (Å²) in [5, 5.41) is 5.02. The van der Waals surface area contributed by atoms with E-state index in [9.17, 15) is 4.79 Å². The molecule has 7 nitrogen and oxygen atoms in total. The number of pyridine rings is 1. The summed E-state index contributed by atoms with van der Waals surface area (Å²) in [6.07, 6.45) is 2.68. The van der Waals surface area contributed by atoms with E-state index in [1.54, 1.807) is 25.6 Å². The van der Waals surface area contributed by atoms with Crippen molar-refractivity contribution < 1.29 is 14.3 Å². The molecule has 34 heavy (non-hydrogen) atoms. The predicted molar refractivity (Wildman–Crippen MR) is 136 cm³/mol. The molecule has 1 N–H and O–H groups in total. The molecule has 0 fully saturated rings. The van der Waals surface area contributed by atoms with Gasteiger partial charge in [-0.25, -0.2) is 4.98 Å². The number of fused-ring (bicyclic) bond motifs is 1. The number of carbonyl (C=O) groups excluding carboxylic acids is 1. The van der Waals surface area contributed by atoms with Crippen LogP contribution >= 0.6 is 11.3 Å². The van der Waals surface area contributed by atoms with E-state index in [0.717, 1.165) is 40.6 Å². The molecule has 8 heteroatoms. The summed E-state index contributed by atoms with van der Waals surface area (Å²) in [6.45, 7) is 6.20. The molecule has 0 aliphatic rings. The summed E-state index contributed by atoms with van der Waals surface area (Å²) in [4.78, 5) is 21.1. The lowest BCUT2D eigenvalue weighted by molar-refractivity contribution is 0.0951. The molecule has 1 amide bonds. The van der Waals surface area contributed by atoms with Gasteiger partial charge in [0.1, 0.15) is 11.5 Å². The van der Waals surface area contributed by atoms with Gasteiger partial charge < -0.3 is 19.7 Å². The van der Waals surface area contributed by atoms with Crippen LogP contribution in [0, 0.1) is 0 Å². The fraction of sp³-hybridized carbons (Fsp3) is 0.308. The Balaban J connectivity index is 1.65. The molecule has 1 aromatic carbocycles. The van der Waals surface area contributed by atoms with E-state index in [0.29, 0.717) is 30.2 Å². The molecule has 4 aromatic rings. The van der Waals surface area contributed by atoms with E-state index in [2.05, 4.69) is 24.1 Å². The molecule has 0 saturated heterocycles. The Morgan fingerprint density at radius 1 is 1.12 bits per heavy atom. The average Bonchev–Trinajstić information content (AvgIpc) is 3.52. The molecule has 0 bridgehead atoms. The fourth-order valence-corrected chi connectivity index (χ4v) is 4.65. The van der Waals surface area contributed by atoms with Crippen LogP contribution < -0.4 is 19.7 Å². The van der Waals surface area contributed by atoms with Gasteiger partial charge in [-0.05, 0) is 54.6 Å². The van der Waals surface area contributed by atoms with Crippen LogP contribution in [-0.4, -0.2) is 36.1 Å². The van der Waals surface area contributed by atoms with Gasteiger partial charge in [-0.1, -0.05) is 19.1 Å². The Morgan fingerprint density at radius 3 is 2.62 bits per heavy atom. The Hall–Kier alpha value is -3.52. The topological polar surface area (TPSA) is 68.1 Å². The van der Waals surface area contributed by atoms with Crippen molar-refractivity contribution in [1.82, 2.24) is 14.7 Å². The number of thiophene rings is 1. The number of imidazole rings is 1. The van der Waals surface area contributed by atoms with Crippen LogP contribution in [0.3, 0.4) is 0 Å². The standard InChI is InChI=1S/C26H30N4O3S/c1-5-21-26(29(6-2)16-18-9-11-22(32-3)23(14-18)33-4)30-17-19(10-12-24(30)28-21)25(31)27-15-20-8-7-13-34-20/h7-14,17H,5-6,15-16H2,1-4H3,(H,27,31). The maximum Gasteiger partial charge on any atom is 0.253 e. The first kappa shape index (κ1) is 23.6. The van der Waals surface area contributed by atoms with Crippen molar-refractivity contribution in [1.29, 1.82) is 0 Å². The second-order valence-electron chi connectivity index (χ2n) is 7.85. The van der Waals surface area contributed by atoms with Crippen molar-refractivity contribution in [2.45, 2.75) is 33.4 Å². The summed E-state index contributed by atoms with van der Waals surface area (Å²) in [5.74, 6) is 2.31. The quantitative estimate of drug-likeness (QED) is 0.350. The Labute approximate surface area is 204 Å². The minimum Gasteiger partial charge on any atom is -0.493 e. The van der Waals surface area contributed by atoms with Crippen molar-refractivity contribution in [3.05, 3.63) is 75.7 Å². The lowest BCUT2D eigenvalue weighted by atomic mass is 10.1. The molecule has 0 radical (unpaired) electrons. The van der Waals surface area contributed by atoms with Crippen LogP contribution in [0.2, 0.25) is 0 Å². The monoisotopic (exact) mass is 478 g/mol. The molecule has 0 aliphatic carbocycles. The molecule has 3 heterocycles. The minimum absolute atomic E-state index is 0.101. The van der Waals surface area contributed by atoms with Crippen LogP contribution in [0.15, 0.2) is 54.0 Å². The Bertz CT molecular complexity index is 1270. The van der Waals surface area contributed by atoms with E-state index < -0.39 is 0 Å². The zero-order valence-electron chi connectivity index (χ0n) is 20.0. The third-order valence-electron chi connectivity index (χ3n) is 5.77. The number of nitrogens with one attached hydrogen (secondary N) is 1. The minimum atomic E-state index is -0.101. The van der Waals surface area contributed by atoms with Crippen LogP contribution in [-0.2, 0) is 19.5 Å². The van der Waals surface area contributed by atoms with Crippen molar-refractivity contribution in [2.24, 2.45) is 0 Å². The molecule has 0 unspecified atom stereocenters. The number of aromatic nitrogens is 2. The normalized spacial score (nSPS) is 10.9. The first-order valence-corrected chi connectivity index (χ1v) is 12.2. The Morgan fingerprint density at radius 2 is 1.94 bits per heavy atom. The highest BCUT2D eigenvalue weighted by Gasteiger charge is 2.19. The number of amides is 1. The van der Waals surface area contributed by atoms with E-state index in [4.69, 9.17) is 14.5 Å². The van der Waals surface area contributed by atoms with E-state index >= 15 is 0 Å². The number of hydrogen-bond donors (Lipinski definition) is 1. The second kappa shape index (κ2) is 10.6. The number of methoxy groups -OCH3 is 2. The number of anilines is 1. The summed E-state index contributed by atoms with van der Waals surface area (Å²) in [6, 6.07) is 13.7. The largest absolute Gasteiger partial charge is 0.493 e. The lowest BCUT2D eigenvalue weighted by Gasteiger charge is -2.24. The van der Waals surface area contributed by atoms with Gasteiger partial charge in [0.25, 0.3) is 5.91 Å². The zero-order chi connectivity index (χ0) is 24.1. The van der Waals surface area contributed by atoms with Crippen molar-refractivity contribution in [2.75, 3.05) is 25.7 Å². The third kappa shape index (κ3) is 4.87. The highest BCUT2D eigenvalue weighted by atomic mass is 32.1. The number of nitrogens with zero attached hydrogens (tertiary/aromatic N) is 3. The van der Waals surface area contributed by atoms with Gasteiger partial charge in [0, 0.05) is 24.2 Å². The molecular weight excluding hydrogens is 448 g/mol. The van der Waals surface area contributed by atoms with Crippen LogP contribution in [0.4, 0.5) is 5.82 Å². The number of ether oxygens (including phenoxy) is 2. The second-order valence-corrected chi connectivity index (χ2v) is 8.88. The summed E-state index contributed by atoms with van der Waals surface area (Å²) in [5.41, 5.74) is 3.53. The van der Waals surface area contributed by atoms with Gasteiger partial charge in [0.05, 0.1) is 32.0 Å². The molecule has 0 spiro atoms. The summed E-state index contributed by atoms with van der Waals surface area (Å²) in [7, 11) is 3.28. The first-order chi connectivity index (χ1) is 16.6. The molecule has 3 aromatic heterocycles. The molecule has 4 rings (SSSR count). The van der Waals surface area contributed by atoms with Gasteiger partial charge in [-0.3, -0.25) is 9.20 Å². The third-order valence-corrected chi connectivity index (χ3v) is 6.64. The average molecular weight is 479 g/mol. The van der Waals surface area contributed by atoms with Crippen molar-refractivity contribution >= 4 is 28.7 Å². The SMILES string of the molecule is CCc1nc2ccc(C(=O)NCc3cccs3)cn2c1N(CC)Cc1ccc(OC)c(OC)c1. The molecule has 0 saturated carbocycles. The summed E-state index contributed by atoms with van der Waals surface area (Å²) < 4.78 is 12.9. The lowest BCUT2D eigenvalue weighted by Crippen LogP contribution is -2.25. The van der Waals surface area contributed by atoms with Gasteiger partial charge in [0.15, 0.2) is 11.5 Å². The smallest absolute Gasteiger partial charge is 0.253 e. The van der Waals surface area contributed by atoms with Gasteiger partial charge in [0.2, 0.25) is 0 Å². The van der Waals surface area contributed by atoms with Crippen molar-refractivity contribution in [3.8, 4) is 11.5 Å². The maximum absolute atomic E-state index is 12.9. The number of carbonyl (C=O) groups is 1. The predicted octanol–water partition coefficient (Wildman–Crippen LogP) is 4.93. The van der Waals surface area contributed by atoms with Gasteiger partial charge in [-0.2, -0.15) is 0 Å². The highest BCUT2D eigenvalue weighted by Crippen LogP contribution is 2.30. The number of aryl methyl sites for hydroxylation is 1. The number of hydrogen-bond acceptors (Lipinski definition) is 6. The van der Waals surface area contributed by atoms with E-state index in [1.165, 1.54) is 0 Å². The van der Waals surface area contributed by atoms with Gasteiger partial charge >= 0.3 is 0 Å². The number of benzene rings is 1. The molecular formula is C26H30N4O3S. The van der Waals surface area contributed by atoms with Crippen LogP contribution in [0.1, 0.15) is 40.3 Å². The number of rotatable bonds is 10. The van der Waals surface area contributed by atoms with Crippen molar-refractivity contribution in [3.63, 3.8) is 0 Å². The molecule has 178 valence electrons. The molecule has 0 aliphatic heterocycles. The maximum atomic E-state index is 12.9. The highest BCUT2D eigenvalue weighted by molar-refractivity contribution is 7.09. The van der Waals surface area contributed by atoms with E-state index in [1.807, 2.05) is 58.4 Å². The van der Waals surface area contributed by atoms with E-state index in [-0.39, 0.29) is 5.91 Å².